The zero-order valence-corrected chi connectivity index (χ0v) is 9.54. The molecule has 84 valence electrons. The number of benzene rings is 2. The van der Waals surface area contributed by atoms with Crippen LogP contribution in [0.1, 0.15) is 5.56 Å². The van der Waals surface area contributed by atoms with E-state index >= 15 is 0 Å². The highest BCUT2D eigenvalue weighted by atomic mass is 14.9. The van der Waals surface area contributed by atoms with Gasteiger partial charge >= 0.3 is 0 Å². The molecule has 1 aromatic heterocycles. The average Bonchev–Trinajstić information content (AvgIpc) is 2.47. The molecular formula is C15H9N3. The van der Waals surface area contributed by atoms with E-state index in [9.17, 15) is 0 Å². The van der Waals surface area contributed by atoms with Gasteiger partial charge in [-0.05, 0) is 18.2 Å². The van der Waals surface area contributed by atoms with Crippen molar-refractivity contribution < 1.29 is 0 Å². The van der Waals surface area contributed by atoms with Crippen LogP contribution in [0, 0.1) is 11.3 Å². The minimum Gasteiger partial charge on any atom is -0.236 e. The molecule has 18 heavy (non-hydrogen) atoms. The standard InChI is InChI=1S/C15H9N3/c16-9-11-6-7-14-13(8-11)10-17-15(18-14)12-4-2-1-3-5-12/h1-8,10H. The predicted molar refractivity (Wildman–Crippen MR) is 69.7 cm³/mol. The zero-order valence-electron chi connectivity index (χ0n) is 9.54. The first kappa shape index (κ1) is 10.4. The molecule has 2 aromatic carbocycles. The molecule has 0 atom stereocenters. The number of nitriles is 1. The van der Waals surface area contributed by atoms with Crippen molar-refractivity contribution in [2.45, 2.75) is 0 Å². The quantitative estimate of drug-likeness (QED) is 0.646. The summed E-state index contributed by atoms with van der Waals surface area (Å²) in [6.45, 7) is 0. The Morgan fingerprint density at radius 3 is 2.61 bits per heavy atom. The highest BCUT2D eigenvalue weighted by Crippen LogP contribution is 2.18. The van der Waals surface area contributed by atoms with E-state index in [1.165, 1.54) is 0 Å². The van der Waals surface area contributed by atoms with E-state index in [4.69, 9.17) is 5.26 Å². The van der Waals surface area contributed by atoms with Crippen molar-refractivity contribution >= 4 is 10.9 Å². The number of fused-ring (bicyclic) bond motifs is 1. The van der Waals surface area contributed by atoms with Crippen LogP contribution in [-0.4, -0.2) is 9.97 Å². The molecule has 0 unspecified atom stereocenters. The van der Waals surface area contributed by atoms with Crippen LogP contribution in [0.5, 0.6) is 0 Å². The largest absolute Gasteiger partial charge is 0.236 e. The fourth-order valence-corrected chi connectivity index (χ4v) is 1.83. The third kappa shape index (κ3) is 1.80. The van der Waals surface area contributed by atoms with Crippen LogP contribution in [0.2, 0.25) is 0 Å². The Labute approximate surface area is 104 Å². The molecule has 0 amide bonds. The maximum Gasteiger partial charge on any atom is 0.159 e. The molecule has 0 saturated carbocycles. The summed E-state index contributed by atoms with van der Waals surface area (Å²) in [5, 5.41) is 9.72. The summed E-state index contributed by atoms with van der Waals surface area (Å²) < 4.78 is 0. The number of hydrogen-bond donors (Lipinski definition) is 0. The summed E-state index contributed by atoms with van der Waals surface area (Å²) in [5.41, 5.74) is 2.46. The Morgan fingerprint density at radius 1 is 1.00 bits per heavy atom. The molecule has 1 heterocycles. The fourth-order valence-electron chi connectivity index (χ4n) is 1.83. The van der Waals surface area contributed by atoms with E-state index in [0.717, 1.165) is 16.5 Å². The molecule has 0 N–H and O–H groups in total. The van der Waals surface area contributed by atoms with Crippen LogP contribution in [-0.2, 0) is 0 Å². The Kier molecular flexibility index (Phi) is 2.47. The molecule has 3 heteroatoms. The topological polar surface area (TPSA) is 49.6 Å². The normalized spacial score (nSPS) is 10.2. The number of rotatable bonds is 1. The summed E-state index contributed by atoms with van der Waals surface area (Å²) >= 11 is 0. The first-order valence-corrected chi connectivity index (χ1v) is 5.59. The highest BCUT2D eigenvalue weighted by molar-refractivity contribution is 5.80. The van der Waals surface area contributed by atoms with Crippen LogP contribution < -0.4 is 0 Å². The van der Waals surface area contributed by atoms with E-state index in [1.807, 2.05) is 36.4 Å². The van der Waals surface area contributed by atoms with Gasteiger partial charge in [0.1, 0.15) is 0 Å². The summed E-state index contributed by atoms with van der Waals surface area (Å²) in [5.74, 6) is 0.702. The SMILES string of the molecule is N#Cc1ccc2nc(-c3ccccc3)ncc2c1. The Morgan fingerprint density at radius 2 is 1.83 bits per heavy atom. The van der Waals surface area contributed by atoms with Gasteiger partial charge in [-0.2, -0.15) is 5.26 Å². The van der Waals surface area contributed by atoms with Crippen LogP contribution >= 0.6 is 0 Å². The second-order valence-corrected chi connectivity index (χ2v) is 3.95. The fraction of sp³-hybridized carbons (Fsp3) is 0. The van der Waals surface area contributed by atoms with Crippen molar-refractivity contribution in [2.24, 2.45) is 0 Å². The second-order valence-electron chi connectivity index (χ2n) is 3.95. The Balaban J connectivity index is 2.16. The molecule has 0 aliphatic carbocycles. The number of hydrogen-bond acceptors (Lipinski definition) is 3. The van der Waals surface area contributed by atoms with Crippen LogP contribution in [0.4, 0.5) is 0 Å². The van der Waals surface area contributed by atoms with Gasteiger partial charge in [-0.15, -0.1) is 0 Å². The van der Waals surface area contributed by atoms with E-state index in [-0.39, 0.29) is 0 Å². The van der Waals surface area contributed by atoms with Crippen molar-refractivity contribution in [2.75, 3.05) is 0 Å². The summed E-state index contributed by atoms with van der Waals surface area (Å²) in [7, 11) is 0. The minimum absolute atomic E-state index is 0.624. The van der Waals surface area contributed by atoms with Crippen molar-refractivity contribution in [1.82, 2.24) is 9.97 Å². The van der Waals surface area contributed by atoms with Crippen molar-refractivity contribution in [3.8, 4) is 17.5 Å². The lowest BCUT2D eigenvalue weighted by atomic mass is 10.1. The third-order valence-corrected chi connectivity index (χ3v) is 2.74. The van der Waals surface area contributed by atoms with Gasteiger partial charge in [0.15, 0.2) is 5.82 Å². The second kappa shape index (κ2) is 4.27. The van der Waals surface area contributed by atoms with Gasteiger partial charge in [0.2, 0.25) is 0 Å². The van der Waals surface area contributed by atoms with Gasteiger partial charge in [-0.1, -0.05) is 30.3 Å². The van der Waals surface area contributed by atoms with Crippen molar-refractivity contribution in [1.29, 1.82) is 5.26 Å². The van der Waals surface area contributed by atoms with Crippen LogP contribution in [0.3, 0.4) is 0 Å². The lowest BCUT2D eigenvalue weighted by molar-refractivity contribution is 1.23. The van der Waals surface area contributed by atoms with Gasteiger partial charge in [0.25, 0.3) is 0 Å². The van der Waals surface area contributed by atoms with E-state index in [2.05, 4.69) is 16.0 Å². The number of aromatic nitrogens is 2. The first-order valence-electron chi connectivity index (χ1n) is 5.59. The zero-order chi connectivity index (χ0) is 12.4. The van der Waals surface area contributed by atoms with Crippen molar-refractivity contribution in [3.63, 3.8) is 0 Å². The van der Waals surface area contributed by atoms with Gasteiger partial charge in [-0.25, -0.2) is 9.97 Å². The van der Waals surface area contributed by atoms with Gasteiger partial charge < -0.3 is 0 Å². The molecule has 0 aliphatic heterocycles. The molecule has 0 aliphatic rings. The van der Waals surface area contributed by atoms with E-state index in [0.29, 0.717) is 11.4 Å². The molecule has 0 spiro atoms. The molecule has 3 aromatic rings. The molecule has 0 bridgehead atoms. The molecule has 0 radical (unpaired) electrons. The molecule has 0 fully saturated rings. The van der Waals surface area contributed by atoms with Crippen LogP contribution in [0.25, 0.3) is 22.3 Å². The first-order chi connectivity index (χ1) is 8.86. The monoisotopic (exact) mass is 231 g/mol. The summed E-state index contributed by atoms with van der Waals surface area (Å²) in [6, 6.07) is 17.4. The molecule has 0 saturated heterocycles. The third-order valence-electron chi connectivity index (χ3n) is 2.74. The van der Waals surface area contributed by atoms with Gasteiger partial charge in [0, 0.05) is 17.1 Å². The predicted octanol–water partition coefficient (Wildman–Crippen LogP) is 3.17. The molecule has 3 rings (SSSR count). The molecule has 3 nitrogen and oxygen atoms in total. The Hall–Kier alpha value is -2.73. The highest BCUT2D eigenvalue weighted by Gasteiger charge is 2.03. The molecular weight excluding hydrogens is 222 g/mol. The average molecular weight is 231 g/mol. The van der Waals surface area contributed by atoms with Gasteiger partial charge in [-0.3, -0.25) is 0 Å². The van der Waals surface area contributed by atoms with E-state index in [1.54, 1.807) is 18.3 Å². The summed E-state index contributed by atoms with van der Waals surface area (Å²) in [6.07, 6.45) is 1.76. The lowest BCUT2D eigenvalue weighted by Crippen LogP contribution is -1.90. The maximum absolute atomic E-state index is 8.84. The van der Waals surface area contributed by atoms with E-state index < -0.39 is 0 Å². The number of nitrogens with zero attached hydrogens (tertiary/aromatic N) is 3. The smallest absolute Gasteiger partial charge is 0.159 e. The summed E-state index contributed by atoms with van der Waals surface area (Å²) in [4.78, 5) is 8.83. The van der Waals surface area contributed by atoms with Crippen LogP contribution in [0.15, 0.2) is 54.7 Å². The van der Waals surface area contributed by atoms with Crippen molar-refractivity contribution in [3.05, 3.63) is 60.3 Å². The maximum atomic E-state index is 8.84. The van der Waals surface area contributed by atoms with Gasteiger partial charge in [0.05, 0.1) is 17.1 Å². The lowest BCUT2D eigenvalue weighted by Gasteiger charge is -2.02. The minimum atomic E-state index is 0.624. The Bertz CT molecular complexity index is 743.